The molecule has 4 aromatic rings. The molecule has 1 aromatic carbocycles. The molecule has 6 rings (SSSR count). The standard InChI is InChI=1S/C29H30N6O7/c1-2-29(39)22-12-24-26-18(13-35(24)27(37)21(22)16-42-28(29)38)10-17-11-20(7-8-23(17)30-26)41-15-19-14-34(33-31-19)9-5-3-4-6-25(36)32-40/h7-8,10-12,14,39-40H,2-6,9,13,15-16H2,1H3,(H,32,36)/t29-/m0/s1. The first kappa shape index (κ1) is 27.5. The summed E-state index contributed by atoms with van der Waals surface area (Å²) in [5.41, 5.74) is 3.51. The van der Waals surface area contributed by atoms with E-state index >= 15 is 0 Å². The molecule has 2 aliphatic heterocycles. The average Bonchev–Trinajstić information content (AvgIpc) is 3.61. The maximum atomic E-state index is 13.4. The van der Waals surface area contributed by atoms with Crippen LogP contribution in [0.1, 0.15) is 61.4 Å². The molecule has 0 unspecified atom stereocenters. The highest BCUT2D eigenvalue weighted by molar-refractivity contribution is 5.87. The number of carbonyl (C=O) groups is 2. The fraction of sp³-hybridized carbons (Fsp3) is 0.379. The Labute approximate surface area is 239 Å². The van der Waals surface area contributed by atoms with Crippen LogP contribution >= 0.6 is 0 Å². The molecule has 13 nitrogen and oxygen atoms in total. The largest absolute Gasteiger partial charge is 0.487 e. The van der Waals surface area contributed by atoms with Crippen LogP contribution in [0, 0.1) is 0 Å². The molecule has 0 aliphatic carbocycles. The number of esters is 1. The summed E-state index contributed by atoms with van der Waals surface area (Å²) in [7, 11) is 0. The predicted molar refractivity (Wildman–Crippen MR) is 147 cm³/mol. The first-order valence-electron chi connectivity index (χ1n) is 13.9. The molecule has 0 bridgehead atoms. The van der Waals surface area contributed by atoms with Gasteiger partial charge in [-0.1, -0.05) is 18.6 Å². The van der Waals surface area contributed by atoms with Crippen LogP contribution in [0.25, 0.3) is 22.3 Å². The number of pyridine rings is 2. The number of ether oxygens (including phenoxy) is 2. The van der Waals surface area contributed by atoms with Crippen molar-refractivity contribution in [3.05, 3.63) is 69.3 Å². The van der Waals surface area contributed by atoms with Gasteiger partial charge in [-0.25, -0.2) is 15.3 Å². The van der Waals surface area contributed by atoms with Crippen LogP contribution < -0.4 is 15.8 Å². The number of amides is 1. The third kappa shape index (κ3) is 4.90. The summed E-state index contributed by atoms with van der Waals surface area (Å²) in [5, 5.41) is 28.7. The van der Waals surface area contributed by atoms with Crippen molar-refractivity contribution in [3.63, 3.8) is 0 Å². The van der Waals surface area contributed by atoms with Gasteiger partial charge in [-0.2, -0.15) is 0 Å². The zero-order valence-electron chi connectivity index (χ0n) is 23.0. The van der Waals surface area contributed by atoms with Gasteiger partial charge in [0, 0.05) is 29.5 Å². The van der Waals surface area contributed by atoms with Crippen LogP contribution in [0.15, 0.2) is 41.3 Å². The molecule has 0 saturated carbocycles. The molecule has 2 aliphatic rings. The van der Waals surface area contributed by atoms with Crippen LogP contribution in [-0.4, -0.2) is 46.7 Å². The number of nitrogens with one attached hydrogen (secondary N) is 1. The summed E-state index contributed by atoms with van der Waals surface area (Å²) in [5.74, 6) is -0.501. The monoisotopic (exact) mass is 574 g/mol. The zero-order chi connectivity index (χ0) is 29.4. The van der Waals surface area contributed by atoms with Gasteiger partial charge in [-0.3, -0.25) is 19.5 Å². The number of benzene rings is 1. The molecule has 0 radical (unpaired) electrons. The zero-order valence-corrected chi connectivity index (χ0v) is 23.0. The van der Waals surface area contributed by atoms with Crippen molar-refractivity contribution < 1.29 is 29.4 Å². The van der Waals surface area contributed by atoms with Crippen molar-refractivity contribution in [1.82, 2.24) is 30.0 Å². The summed E-state index contributed by atoms with van der Waals surface area (Å²) in [6, 6.07) is 9.22. The number of unbranched alkanes of at least 4 members (excludes halogenated alkanes) is 2. The topological polar surface area (TPSA) is 171 Å². The third-order valence-electron chi connectivity index (χ3n) is 7.87. The Bertz CT molecular complexity index is 1760. The number of hydroxylamine groups is 1. The highest BCUT2D eigenvalue weighted by Crippen LogP contribution is 2.38. The quantitative estimate of drug-likeness (QED) is 0.0973. The first-order valence-corrected chi connectivity index (χ1v) is 13.9. The van der Waals surface area contributed by atoms with E-state index in [1.54, 1.807) is 27.7 Å². The minimum atomic E-state index is -1.86. The minimum Gasteiger partial charge on any atom is -0.487 e. The molecule has 42 heavy (non-hydrogen) atoms. The SMILES string of the molecule is CC[C@@]1(O)C(=O)OCc2c1cc1n(c2=O)Cc2cc3cc(OCc4cn(CCCCCC(=O)NO)nn4)ccc3nc2-1. The summed E-state index contributed by atoms with van der Waals surface area (Å²) < 4.78 is 14.4. The fourth-order valence-electron chi connectivity index (χ4n) is 5.52. The van der Waals surface area contributed by atoms with Gasteiger partial charge in [-0.05, 0) is 49.6 Å². The predicted octanol–water partition coefficient (Wildman–Crippen LogP) is 2.32. The van der Waals surface area contributed by atoms with Crippen LogP contribution in [0.2, 0.25) is 0 Å². The molecule has 1 amide bonds. The smallest absolute Gasteiger partial charge is 0.343 e. The number of rotatable bonds is 10. The number of fused-ring (bicyclic) bond motifs is 5. The van der Waals surface area contributed by atoms with E-state index in [4.69, 9.17) is 19.7 Å². The van der Waals surface area contributed by atoms with Gasteiger partial charge in [-0.15, -0.1) is 5.10 Å². The fourth-order valence-corrected chi connectivity index (χ4v) is 5.52. The second kappa shape index (κ2) is 11.0. The van der Waals surface area contributed by atoms with Gasteiger partial charge >= 0.3 is 5.97 Å². The molecule has 5 heterocycles. The molecule has 0 saturated heterocycles. The number of nitrogens with zero attached hydrogens (tertiary/aromatic N) is 5. The van der Waals surface area contributed by atoms with E-state index in [9.17, 15) is 19.5 Å². The number of carbonyl (C=O) groups excluding carboxylic acids is 2. The molecule has 3 aromatic heterocycles. The van der Waals surface area contributed by atoms with Gasteiger partial charge in [0.15, 0.2) is 5.60 Å². The van der Waals surface area contributed by atoms with Crippen LogP contribution in [0.4, 0.5) is 0 Å². The summed E-state index contributed by atoms with van der Waals surface area (Å²) in [6.07, 6.45) is 4.53. The Morgan fingerprint density at radius 1 is 1.19 bits per heavy atom. The Morgan fingerprint density at radius 3 is 2.86 bits per heavy atom. The normalized spacial score (nSPS) is 17.0. The molecule has 0 fully saturated rings. The van der Waals surface area contributed by atoms with Gasteiger partial charge in [0.05, 0.1) is 35.2 Å². The van der Waals surface area contributed by atoms with Gasteiger partial charge < -0.3 is 19.1 Å². The van der Waals surface area contributed by atoms with E-state index in [0.717, 1.165) is 23.8 Å². The van der Waals surface area contributed by atoms with Crippen molar-refractivity contribution >= 4 is 22.8 Å². The summed E-state index contributed by atoms with van der Waals surface area (Å²) in [6.45, 7) is 2.72. The average molecular weight is 575 g/mol. The molecule has 1 atom stereocenters. The first-order chi connectivity index (χ1) is 20.3. The second-order valence-electron chi connectivity index (χ2n) is 10.6. The number of aromatic nitrogens is 5. The Kier molecular flexibility index (Phi) is 7.21. The second-order valence-corrected chi connectivity index (χ2v) is 10.6. The Hall–Kier alpha value is -4.62. The lowest BCUT2D eigenvalue weighted by molar-refractivity contribution is -0.172. The van der Waals surface area contributed by atoms with Gasteiger partial charge in [0.25, 0.3) is 5.56 Å². The van der Waals surface area contributed by atoms with Crippen LogP contribution in [0.5, 0.6) is 5.75 Å². The third-order valence-corrected chi connectivity index (χ3v) is 7.87. The van der Waals surface area contributed by atoms with Crippen molar-refractivity contribution in [2.24, 2.45) is 0 Å². The van der Waals surface area contributed by atoms with Crippen molar-refractivity contribution in [1.29, 1.82) is 0 Å². The maximum Gasteiger partial charge on any atom is 0.343 e. The van der Waals surface area contributed by atoms with E-state index in [2.05, 4.69) is 10.3 Å². The van der Waals surface area contributed by atoms with Crippen molar-refractivity contribution in [3.8, 4) is 17.1 Å². The molecule has 218 valence electrons. The van der Waals surface area contributed by atoms with Crippen LogP contribution in [0.3, 0.4) is 0 Å². The molecular weight excluding hydrogens is 544 g/mol. The highest BCUT2D eigenvalue weighted by atomic mass is 16.6. The molecule has 3 N–H and O–H groups in total. The molecule has 13 heteroatoms. The Balaban J connectivity index is 1.16. The van der Waals surface area contributed by atoms with E-state index in [-0.39, 0.29) is 37.5 Å². The highest BCUT2D eigenvalue weighted by Gasteiger charge is 2.45. The van der Waals surface area contributed by atoms with Crippen LogP contribution in [-0.2, 0) is 46.2 Å². The number of aryl methyl sites for hydroxylation is 1. The summed E-state index contributed by atoms with van der Waals surface area (Å²) in [4.78, 5) is 41.6. The van der Waals surface area contributed by atoms with Crippen molar-refractivity contribution in [2.75, 3.05) is 0 Å². The summed E-state index contributed by atoms with van der Waals surface area (Å²) >= 11 is 0. The minimum absolute atomic E-state index is 0.0895. The maximum absolute atomic E-state index is 13.4. The van der Waals surface area contributed by atoms with E-state index < -0.39 is 11.6 Å². The molecule has 0 spiro atoms. The lowest BCUT2D eigenvalue weighted by Crippen LogP contribution is -2.44. The lowest BCUT2D eigenvalue weighted by atomic mass is 9.86. The Morgan fingerprint density at radius 2 is 2.05 bits per heavy atom. The molecular formula is C29H30N6O7. The van der Waals surface area contributed by atoms with E-state index in [0.29, 0.717) is 59.0 Å². The number of hydrogen-bond donors (Lipinski definition) is 3. The number of cyclic esters (lactones) is 1. The van der Waals surface area contributed by atoms with Gasteiger partial charge in [0.2, 0.25) is 5.91 Å². The van der Waals surface area contributed by atoms with Crippen molar-refractivity contribution in [2.45, 2.75) is 70.9 Å². The van der Waals surface area contributed by atoms with Gasteiger partial charge in [0.1, 0.15) is 24.7 Å². The number of aliphatic hydroxyl groups is 1. The number of hydrogen-bond acceptors (Lipinski definition) is 10. The lowest BCUT2D eigenvalue weighted by Gasteiger charge is -2.31. The van der Waals surface area contributed by atoms with E-state index in [1.165, 1.54) is 0 Å². The van der Waals surface area contributed by atoms with E-state index in [1.807, 2.05) is 30.5 Å².